The molecule has 1 saturated heterocycles. The maximum atomic E-state index is 12.5. The molecule has 6 nitrogen and oxygen atoms in total. The zero-order valence-electron chi connectivity index (χ0n) is 16.2. The Bertz CT molecular complexity index is 784. The van der Waals surface area contributed by atoms with E-state index in [2.05, 4.69) is 15.1 Å². The standard InChI is InChI=1S/C22H27N3O3/c1-17(26)23-20-9-7-19(8-10-20)22(28)16-25-13-11-24(12-14-25)15-21(27)18-5-3-2-4-6-18/h2-10,21,27H,11-16H2,1H3,(H,23,26). The summed E-state index contributed by atoms with van der Waals surface area (Å²) in [6, 6.07) is 16.7. The number of anilines is 1. The number of amides is 1. The molecule has 148 valence electrons. The molecule has 0 spiro atoms. The molecular weight excluding hydrogens is 354 g/mol. The zero-order valence-corrected chi connectivity index (χ0v) is 16.2. The van der Waals surface area contributed by atoms with Crippen LogP contribution in [-0.4, -0.2) is 65.9 Å². The third kappa shape index (κ3) is 5.73. The number of aliphatic hydroxyl groups is 1. The molecule has 6 heteroatoms. The van der Waals surface area contributed by atoms with Gasteiger partial charge in [-0.1, -0.05) is 30.3 Å². The van der Waals surface area contributed by atoms with Gasteiger partial charge in [0.1, 0.15) is 0 Å². The third-order valence-corrected chi connectivity index (χ3v) is 4.97. The van der Waals surface area contributed by atoms with Crippen molar-refractivity contribution in [1.29, 1.82) is 0 Å². The number of carbonyl (C=O) groups is 2. The minimum Gasteiger partial charge on any atom is -0.387 e. The van der Waals surface area contributed by atoms with Gasteiger partial charge in [-0.3, -0.25) is 19.4 Å². The van der Waals surface area contributed by atoms with Crippen molar-refractivity contribution in [3.8, 4) is 0 Å². The second kappa shape index (κ2) is 9.59. The molecule has 2 aromatic rings. The van der Waals surface area contributed by atoms with E-state index < -0.39 is 6.10 Å². The van der Waals surface area contributed by atoms with Crippen molar-refractivity contribution >= 4 is 17.4 Å². The van der Waals surface area contributed by atoms with E-state index in [1.54, 1.807) is 24.3 Å². The van der Waals surface area contributed by atoms with Crippen LogP contribution >= 0.6 is 0 Å². The number of ketones is 1. The van der Waals surface area contributed by atoms with Gasteiger partial charge < -0.3 is 10.4 Å². The van der Waals surface area contributed by atoms with Crippen LogP contribution < -0.4 is 5.32 Å². The average Bonchev–Trinajstić information content (AvgIpc) is 2.70. The second-order valence-electron chi connectivity index (χ2n) is 7.18. The van der Waals surface area contributed by atoms with E-state index in [4.69, 9.17) is 0 Å². The third-order valence-electron chi connectivity index (χ3n) is 4.97. The minimum atomic E-state index is -0.489. The molecule has 1 heterocycles. The number of hydrogen-bond donors (Lipinski definition) is 2. The highest BCUT2D eigenvalue weighted by Gasteiger charge is 2.21. The molecular formula is C22H27N3O3. The van der Waals surface area contributed by atoms with Crippen LogP contribution in [0.1, 0.15) is 28.9 Å². The molecule has 3 rings (SSSR count). The number of piperazine rings is 1. The molecule has 2 aromatic carbocycles. The monoisotopic (exact) mass is 381 g/mol. The van der Waals surface area contributed by atoms with E-state index in [1.807, 2.05) is 30.3 Å². The number of rotatable bonds is 7. The molecule has 1 unspecified atom stereocenters. The summed E-state index contributed by atoms with van der Waals surface area (Å²) in [6.45, 7) is 5.72. The molecule has 0 aromatic heterocycles. The van der Waals surface area contributed by atoms with Crippen molar-refractivity contribution in [2.24, 2.45) is 0 Å². The van der Waals surface area contributed by atoms with Gasteiger partial charge in [-0.15, -0.1) is 0 Å². The first-order valence-electron chi connectivity index (χ1n) is 9.60. The Morgan fingerprint density at radius 1 is 0.964 bits per heavy atom. The van der Waals surface area contributed by atoms with Crippen LogP contribution in [0.4, 0.5) is 5.69 Å². The predicted octanol–water partition coefficient (Wildman–Crippen LogP) is 2.18. The summed E-state index contributed by atoms with van der Waals surface area (Å²) >= 11 is 0. The van der Waals surface area contributed by atoms with Gasteiger partial charge in [0, 0.05) is 50.9 Å². The zero-order chi connectivity index (χ0) is 19.9. The Morgan fingerprint density at radius 3 is 2.18 bits per heavy atom. The first-order valence-corrected chi connectivity index (χ1v) is 9.60. The molecule has 2 N–H and O–H groups in total. The van der Waals surface area contributed by atoms with Gasteiger partial charge in [0.15, 0.2) is 5.78 Å². The number of hydrogen-bond acceptors (Lipinski definition) is 5. The van der Waals surface area contributed by atoms with Crippen LogP contribution in [0.3, 0.4) is 0 Å². The van der Waals surface area contributed by atoms with Crippen molar-refractivity contribution in [3.63, 3.8) is 0 Å². The van der Waals surface area contributed by atoms with Crippen LogP contribution in [-0.2, 0) is 4.79 Å². The van der Waals surface area contributed by atoms with Crippen molar-refractivity contribution in [3.05, 3.63) is 65.7 Å². The van der Waals surface area contributed by atoms with Crippen molar-refractivity contribution in [2.75, 3.05) is 44.6 Å². The van der Waals surface area contributed by atoms with Crippen molar-refractivity contribution in [2.45, 2.75) is 13.0 Å². The average molecular weight is 381 g/mol. The van der Waals surface area contributed by atoms with Crippen LogP contribution in [0.5, 0.6) is 0 Å². The number of benzene rings is 2. The number of β-amino-alcohol motifs (C(OH)–C–C–N with tert-alkyl or cyclic N) is 1. The lowest BCUT2D eigenvalue weighted by Crippen LogP contribution is -2.48. The van der Waals surface area contributed by atoms with E-state index in [0.717, 1.165) is 31.7 Å². The summed E-state index contributed by atoms with van der Waals surface area (Å²) in [5.41, 5.74) is 2.27. The van der Waals surface area contributed by atoms with Gasteiger partial charge in [0.05, 0.1) is 12.6 Å². The molecule has 0 saturated carbocycles. The molecule has 1 aliphatic heterocycles. The van der Waals surface area contributed by atoms with E-state index >= 15 is 0 Å². The molecule has 1 atom stereocenters. The Hall–Kier alpha value is -2.54. The lowest BCUT2D eigenvalue weighted by molar-refractivity contribution is -0.114. The molecule has 1 aliphatic rings. The van der Waals surface area contributed by atoms with Gasteiger partial charge in [-0.2, -0.15) is 0 Å². The van der Waals surface area contributed by atoms with Gasteiger partial charge in [-0.25, -0.2) is 0 Å². The maximum Gasteiger partial charge on any atom is 0.221 e. The van der Waals surface area contributed by atoms with Crippen LogP contribution in [0, 0.1) is 0 Å². The number of carbonyl (C=O) groups excluding carboxylic acids is 2. The predicted molar refractivity (Wildman–Crippen MR) is 109 cm³/mol. The number of nitrogens with zero attached hydrogens (tertiary/aromatic N) is 2. The Kier molecular flexibility index (Phi) is 6.92. The first kappa shape index (κ1) is 20.2. The minimum absolute atomic E-state index is 0.0761. The number of aliphatic hydroxyl groups excluding tert-OH is 1. The highest BCUT2D eigenvalue weighted by Crippen LogP contribution is 2.15. The summed E-state index contributed by atoms with van der Waals surface area (Å²) in [5.74, 6) is -0.0542. The van der Waals surface area contributed by atoms with Crippen molar-refractivity contribution < 1.29 is 14.7 Å². The largest absolute Gasteiger partial charge is 0.387 e. The summed E-state index contributed by atoms with van der Waals surface area (Å²) < 4.78 is 0. The Morgan fingerprint density at radius 2 is 1.57 bits per heavy atom. The molecule has 1 amide bonds. The fourth-order valence-corrected chi connectivity index (χ4v) is 3.39. The van der Waals surface area contributed by atoms with Gasteiger partial charge >= 0.3 is 0 Å². The fraction of sp³-hybridized carbons (Fsp3) is 0.364. The topological polar surface area (TPSA) is 72.9 Å². The SMILES string of the molecule is CC(=O)Nc1ccc(C(=O)CN2CCN(CC(O)c3ccccc3)CC2)cc1. The number of nitrogens with one attached hydrogen (secondary N) is 1. The summed E-state index contributed by atoms with van der Waals surface area (Å²) in [4.78, 5) is 28.0. The van der Waals surface area contributed by atoms with Crippen LogP contribution in [0.2, 0.25) is 0 Å². The fourth-order valence-electron chi connectivity index (χ4n) is 3.39. The van der Waals surface area contributed by atoms with Crippen molar-refractivity contribution in [1.82, 2.24) is 9.80 Å². The van der Waals surface area contributed by atoms with Gasteiger partial charge in [-0.05, 0) is 29.8 Å². The van der Waals surface area contributed by atoms with Crippen LogP contribution in [0.25, 0.3) is 0 Å². The van der Waals surface area contributed by atoms with Gasteiger partial charge in [0.2, 0.25) is 5.91 Å². The van der Waals surface area contributed by atoms with E-state index in [1.165, 1.54) is 6.92 Å². The van der Waals surface area contributed by atoms with E-state index in [9.17, 15) is 14.7 Å². The molecule has 1 fully saturated rings. The Labute approximate surface area is 165 Å². The molecule has 0 bridgehead atoms. The normalized spacial score (nSPS) is 16.5. The lowest BCUT2D eigenvalue weighted by atomic mass is 10.1. The highest BCUT2D eigenvalue weighted by atomic mass is 16.3. The molecule has 0 aliphatic carbocycles. The van der Waals surface area contributed by atoms with Gasteiger partial charge in [0.25, 0.3) is 0 Å². The van der Waals surface area contributed by atoms with E-state index in [0.29, 0.717) is 24.3 Å². The van der Waals surface area contributed by atoms with E-state index in [-0.39, 0.29) is 11.7 Å². The summed E-state index contributed by atoms with van der Waals surface area (Å²) in [6.07, 6.45) is -0.489. The lowest BCUT2D eigenvalue weighted by Gasteiger charge is -2.35. The molecule has 28 heavy (non-hydrogen) atoms. The summed E-state index contributed by atoms with van der Waals surface area (Å²) in [5, 5.41) is 13.1. The maximum absolute atomic E-state index is 12.5. The first-order chi connectivity index (χ1) is 13.5. The highest BCUT2D eigenvalue weighted by molar-refractivity contribution is 5.98. The Balaban J connectivity index is 1.45. The quantitative estimate of drug-likeness (QED) is 0.720. The number of Topliss-reactive ketones (excluding diaryl/α,β-unsaturated/α-hetero) is 1. The summed E-state index contributed by atoms with van der Waals surface area (Å²) in [7, 11) is 0. The second-order valence-corrected chi connectivity index (χ2v) is 7.18. The smallest absolute Gasteiger partial charge is 0.221 e. The van der Waals surface area contributed by atoms with Crippen LogP contribution in [0.15, 0.2) is 54.6 Å². The molecule has 0 radical (unpaired) electrons.